The Kier molecular flexibility index (Phi) is 5.55. The van der Waals surface area contributed by atoms with Gasteiger partial charge < -0.3 is 10.1 Å². The van der Waals surface area contributed by atoms with Crippen LogP contribution < -0.4 is 10.1 Å². The van der Waals surface area contributed by atoms with E-state index in [0.29, 0.717) is 6.54 Å². The van der Waals surface area contributed by atoms with E-state index in [1.807, 2.05) is 12.1 Å². The number of carbonyl (C=O) groups is 1. The summed E-state index contributed by atoms with van der Waals surface area (Å²) in [4.78, 5) is 14.7. The van der Waals surface area contributed by atoms with Crippen molar-refractivity contribution in [2.75, 3.05) is 26.7 Å². The average Bonchev–Trinajstić information content (AvgIpc) is 2.55. The van der Waals surface area contributed by atoms with Crippen molar-refractivity contribution in [3.8, 4) is 5.75 Å². The Labute approximate surface area is 139 Å². The molecule has 0 aromatic heterocycles. The van der Waals surface area contributed by atoms with Crippen LogP contribution in [0.3, 0.4) is 0 Å². The summed E-state index contributed by atoms with van der Waals surface area (Å²) in [6.07, 6.45) is 7.14. The highest BCUT2D eigenvalue weighted by Crippen LogP contribution is 2.28. The molecule has 0 radical (unpaired) electrons. The van der Waals surface area contributed by atoms with Crippen LogP contribution in [-0.2, 0) is 4.79 Å². The van der Waals surface area contributed by atoms with Gasteiger partial charge in [-0.3, -0.25) is 9.69 Å². The molecule has 1 aliphatic heterocycles. The summed E-state index contributed by atoms with van der Waals surface area (Å²) in [7, 11) is 1.69. The summed E-state index contributed by atoms with van der Waals surface area (Å²) in [5, 5.41) is 3.20. The zero-order chi connectivity index (χ0) is 16.1. The van der Waals surface area contributed by atoms with Gasteiger partial charge in [-0.05, 0) is 56.5 Å². The molecule has 4 heteroatoms. The number of benzene rings is 1. The standard InChI is InChI=1S/C19H28N2O2/c1-23-17-10-8-15(9-11-17)18(21-12-3-2-4-13-21)14-20-19(22)16-6-5-7-16/h8-11,16,18H,2-7,12-14H2,1H3,(H,20,22). The fourth-order valence-electron chi connectivity index (χ4n) is 3.53. The molecule has 2 aliphatic rings. The minimum Gasteiger partial charge on any atom is -0.497 e. The maximum absolute atomic E-state index is 12.2. The lowest BCUT2D eigenvalue weighted by molar-refractivity contribution is -0.127. The maximum atomic E-state index is 12.2. The molecule has 1 N–H and O–H groups in total. The van der Waals surface area contributed by atoms with E-state index in [0.717, 1.165) is 31.7 Å². The fraction of sp³-hybridized carbons (Fsp3) is 0.632. The van der Waals surface area contributed by atoms with Gasteiger partial charge in [-0.2, -0.15) is 0 Å². The molecule has 1 unspecified atom stereocenters. The topological polar surface area (TPSA) is 41.6 Å². The Morgan fingerprint density at radius 3 is 2.43 bits per heavy atom. The van der Waals surface area contributed by atoms with E-state index in [1.165, 1.54) is 31.2 Å². The highest BCUT2D eigenvalue weighted by atomic mass is 16.5. The lowest BCUT2D eigenvalue weighted by Crippen LogP contribution is -2.43. The minimum atomic E-state index is 0.242. The van der Waals surface area contributed by atoms with Crippen molar-refractivity contribution in [1.82, 2.24) is 10.2 Å². The van der Waals surface area contributed by atoms with Crippen molar-refractivity contribution in [2.45, 2.75) is 44.6 Å². The molecule has 4 nitrogen and oxygen atoms in total. The van der Waals surface area contributed by atoms with E-state index >= 15 is 0 Å². The normalized spacial score (nSPS) is 20.6. The van der Waals surface area contributed by atoms with Crippen molar-refractivity contribution < 1.29 is 9.53 Å². The van der Waals surface area contributed by atoms with Crippen LogP contribution in [0.25, 0.3) is 0 Å². The van der Waals surface area contributed by atoms with Crippen molar-refractivity contribution in [3.05, 3.63) is 29.8 Å². The lowest BCUT2D eigenvalue weighted by atomic mass is 9.85. The third kappa shape index (κ3) is 4.05. The molecule has 1 saturated heterocycles. The highest BCUT2D eigenvalue weighted by Gasteiger charge is 2.27. The Hall–Kier alpha value is -1.55. The number of nitrogens with one attached hydrogen (secondary N) is 1. The van der Waals surface area contributed by atoms with Crippen molar-refractivity contribution in [1.29, 1.82) is 0 Å². The van der Waals surface area contributed by atoms with Crippen LogP contribution in [0.5, 0.6) is 5.75 Å². The molecule has 1 aromatic rings. The van der Waals surface area contributed by atoms with E-state index in [1.54, 1.807) is 7.11 Å². The van der Waals surface area contributed by atoms with Gasteiger partial charge >= 0.3 is 0 Å². The summed E-state index contributed by atoms with van der Waals surface area (Å²) in [5.74, 6) is 1.38. The van der Waals surface area contributed by atoms with E-state index in [4.69, 9.17) is 4.74 Å². The smallest absolute Gasteiger partial charge is 0.223 e. The number of carbonyl (C=O) groups excluding carboxylic acids is 1. The van der Waals surface area contributed by atoms with Gasteiger partial charge in [-0.1, -0.05) is 25.0 Å². The van der Waals surface area contributed by atoms with Crippen molar-refractivity contribution >= 4 is 5.91 Å². The summed E-state index contributed by atoms with van der Waals surface area (Å²) >= 11 is 0. The predicted octanol–water partition coefficient (Wildman–Crippen LogP) is 3.14. The van der Waals surface area contributed by atoms with Crippen molar-refractivity contribution in [2.24, 2.45) is 5.92 Å². The molecule has 1 aliphatic carbocycles. The molecule has 1 aromatic carbocycles. The molecule has 126 valence electrons. The molecular formula is C19H28N2O2. The average molecular weight is 316 g/mol. The monoisotopic (exact) mass is 316 g/mol. The van der Waals surface area contributed by atoms with Gasteiger partial charge in [-0.15, -0.1) is 0 Å². The Morgan fingerprint density at radius 2 is 1.87 bits per heavy atom. The van der Waals surface area contributed by atoms with E-state index < -0.39 is 0 Å². The van der Waals surface area contributed by atoms with Crippen LogP contribution in [0.1, 0.15) is 50.1 Å². The number of amides is 1. The molecule has 3 rings (SSSR count). The second kappa shape index (κ2) is 7.82. The molecule has 1 amide bonds. The van der Waals surface area contributed by atoms with Gasteiger partial charge in [0.25, 0.3) is 0 Å². The number of likely N-dealkylation sites (tertiary alicyclic amines) is 1. The fourth-order valence-corrected chi connectivity index (χ4v) is 3.53. The Morgan fingerprint density at radius 1 is 1.17 bits per heavy atom. The van der Waals surface area contributed by atoms with Gasteiger partial charge in [0.1, 0.15) is 5.75 Å². The Bertz CT molecular complexity index is 505. The van der Waals surface area contributed by atoms with Crippen molar-refractivity contribution in [3.63, 3.8) is 0 Å². The first kappa shape index (κ1) is 16.3. The van der Waals surface area contributed by atoms with Gasteiger partial charge in [-0.25, -0.2) is 0 Å². The summed E-state index contributed by atoms with van der Waals surface area (Å²) in [6.45, 7) is 2.95. The number of nitrogens with zero attached hydrogens (tertiary/aromatic N) is 1. The number of ether oxygens (including phenoxy) is 1. The van der Waals surface area contributed by atoms with Crippen LogP contribution in [0.2, 0.25) is 0 Å². The number of rotatable bonds is 6. The van der Waals surface area contributed by atoms with Crippen LogP contribution in [-0.4, -0.2) is 37.6 Å². The number of methoxy groups -OCH3 is 1. The lowest BCUT2D eigenvalue weighted by Gasteiger charge is -2.35. The third-order valence-electron chi connectivity index (χ3n) is 5.28. The number of hydrogen-bond acceptors (Lipinski definition) is 3. The summed E-state index contributed by atoms with van der Waals surface area (Å²) in [6, 6.07) is 8.56. The second-order valence-electron chi connectivity index (χ2n) is 6.76. The summed E-state index contributed by atoms with van der Waals surface area (Å²) in [5.41, 5.74) is 1.27. The zero-order valence-electron chi connectivity index (χ0n) is 14.1. The molecule has 2 fully saturated rings. The minimum absolute atomic E-state index is 0.242. The van der Waals surface area contributed by atoms with Gasteiger partial charge in [0, 0.05) is 12.5 Å². The van der Waals surface area contributed by atoms with E-state index in [2.05, 4.69) is 22.3 Å². The molecule has 0 spiro atoms. The predicted molar refractivity (Wildman–Crippen MR) is 91.5 cm³/mol. The third-order valence-corrected chi connectivity index (χ3v) is 5.28. The quantitative estimate of drug-likeness (QED) is 0.876. The molecule has 1 atom stereocenters. The van der Waals surface area contributed by atoms with Crippen LogP contribution in [0, 0.1) is 5.92 Å². The van der Waals surface area contributed by atoms with Gasteiger partial charge in [0.15, 0.2) is 0 Å². The van der Waals surface area contributed by atoms with E-state index in [9.17, 15) is 4.79 Å². The first-order valence-electron chi connectivity index (χ1n) is 8.93. The van der Waals surface area contributed by atoms with Gasteiger partial charge in [0.05, 0.1) is 13.2 Å². The zero-order valence-corrected chi connectivity index (χ0v) is 14.1. The van der Waals surface area contributed by atoms with E-state index in [-0.39, 0.29) is 17.9 Å². The maximum Gasteiger partial charge on any atom is 0.223 e. The molecular weight excluding hydrogens is 288 g/mol. The SMILES string of the molecule is COc1ccc(C(CNC(=O)C2CCC2)N2CCCCC2)cc1. The Balaban J connectivity index is 1.67. The van der Waals surface area contributed by atoms with Gasteiger partial charge in [0.2, 0.25) is 5.91 Å². The summed E-state index contributed by atoms with van der Waals surface area (Å²) < 4.78 is 5.26. The largest absolute Gasteiger partial charge is 0.497 e. The highest BCUT2D eigenvalue weighted by molar-refractivity contribution is 5.79. The molecule has 23 heavy (non-hydrogen) atoms. The number of piperidine rings is 1. The second-order valence-corrected chi connectivity index (χ2v) is 6.76. The first-order valence-corrected chi connectivity index (χ1v) is 8.93. The van der Waals surface area contributed by atoms with Crippen LogP contribution >= 0.6 is 0 Å². The number of hydrogen-bond donors (Lipinski definition) is 1. The van der Waals surface area contributed by atoms with Crippen LogP contribution in [0.4, 0.5) is 0 Å². The molecule has 1 saturated carbocycles. The van der Waals surface area contributed by atoms with Crippen LogP contribution in [0.15, 0.2) is 24.3 Å². The first-order chi connectivity index (χ1) is 11.3. The molecule has 1 heterocycles. The molecule has 0 bridgehead atoms.